The molecular weight excluding hydrogens is 466 g/mol. The average Bonchev–Trinajstić information content (AvgIpc) is 3.25. The third-order valence-corrected chi connectivity index (χ3v) is 7.83. The van der Waals surface area contributed by atoms with E-state index in [4.69, 9.17) is 10.7 Å². The number of hydrogen-bond donors (Lipinski definition) is 3. The van der Waals surface area contributed by atoms with Gasteiger partial charge in [0.05, 0.1) is 0 Å². The molecule has 0 bridgehead atoms. The summed E-state index contributed by atoms with van der Waals surface area (Å²) in [4.78, 5) is 19.2. The molecule has 186 valence electrons. The highest BCUT2D eigenvalue weighted by Crippen LogP contribution is 2.34. The predicted octanol–water partition coefficient (Wildman–Crippen LogP) is 6.08. The van der Waals surface area contributed by atoms with Crippen molar-refractivity contribution in [2.24, 2.45) is 5.73 Å². The van der Waals surface area contributed by atoms with Gasteiger partial charge in [-0.15, -0.1) is 11.8 Å². The van der Waals surface area contributed by atoms with Gasteiger partial charge in [-0.1, -0.05) is 30.3 Å². The summed E-state index contributed by atoms with van der Waals surface area (Å²) in [6.45, 7) is 4.21. The average molecular weight is 500 g/mol. The van der Waals surface area contributed by atoms with E-state index in [0.29, 0.717) is 5.56 Å². The summed E-state index contributed by atoms with van der Waals surface area (Å²) in [6.07, 6.45) is 7.77. The van der Waals surface area contributed by atoms with Crippen LogP contribution in [0.25, 0.3) is 16.9 Å². The number of rotatable bonds is 6. The second-order valence-corrected chi connectivity index (χ2v) is 10.5. The van der Waals surface area contributed by atoms with Crippen LogP contribution in [0.3, 0.4) is 0 Å². The molecule has 2 heterocycles. The maximum atomic E-state index is 13.1. The minimum atomic E-state index is -0.0592. The number of pyridine rings is 1. The molecule has 1 saturated carbocycles. The number of aryl methyl sites for hydroxylation is 2. The van der Waals surface area contributed by atoms with Crippen LogP contribution in [-0.4, -0.2) is 33.6 Å². The molecule has 0 atom stereocenters. The number of thioether (sulfide) groups is 1. The van der Waals surface area contributed by atoms with E-state index in [0.717, 1.165) is 65.2 Å². The van der Waals surface area contributed by atoms with Crippen molar-refractivity contribution in [3.05, 3.63) is 77.5 Å². The van der Waals surface area contributed by atoms with Crippen molar-refractivity contribution in [2.75, 3.05) is 11.6 Å². The molecule has 2 aromatic carbocycles. The van der Waals surface area contributed by atoms with Gasteiger partial charge in [0.1, 0.15) is 17.2 Å². The summed E-state index contributed by atoms with van der Waals surface area (Å²) in [5.74, 6) is 0.823. The first-order valence-corrected chi connectivity index (χ1v) is 13.7. The van der Waals surface area contributed by atoms with Gasteiger partial charge in [-0.25, -0.2) is 4.98 Å². The number of fused-ring (bicyclic) bond motifs is 1. The highest BCUT2D eigenvalue weighted by molar-refractivity contribution is 7.98. The van der Waals surface area contributed by atoms with E-state index in [1.165, 1.54) is 4.90 Å². The van der Waals surface area contributed by atoms with Crippen molar-refractivity contribution in [3.63, 3.8) is 0 Å². The number of nitrogens with two attached hydrogens (primary N) is 1. The van der Waals surface area contributed by atoms with Gasteiger partial charge in [-0.2, -0.15) is 0 Å². The lowest BCUT2D eigenvalue weighted by molar-refractivity contribution is 0.0926. The summed E-state index contributed by atoms with van der Waals surface area (Å²) in [6, 6.07) is 18.9. The number of aromatic nitrogens is 2. The van der Waals surface area contributed by atoms with Crippen molar-refractivity contribution in [1.29, 1.82) is 0 Å². The summed E-state index contributed by atoms with van der Waals surface area (Å²) < 4.78 is 2.03. The van der Waals surface area contributed by atoms with E-state index in [1.807, 2.05) is 22.7 Å². The predicted molar refractivity (Wildman–Crippen MR) is 149 cm³/mol. The number of anilines is 2. The standard InChI is InChI=1S/C29H33N5OS/c1-18-5-4-6-19(2)26(18)33-28-27(20-7-13-24(36-3)14-8-20)32-25-17-21(15-16-34(25)28)29(35)31-23-11-9-22(30)10-12-23/h4-8,13-17,22-23,33H,9-12,30H2,1-3H3,(H,31,35). The number of imidazole rings is 1. The Morgan fingerprint density at radius 3 is 2.39 bits per heavy atom. The highest BCUT2D eigenvalue weighted by Gasteiger charge is 2.22. The lowest BCUT2D eigenvalue weighted by Crippen LogP contribution is -2.40. The highest BCUT2D eigenvalue weighted by atomic mass is 32.2. The third kappa shape index (κ3) is 4.99. The van der Waals surface area contributed by atoms with Crippen LogP contribution in [0.5, 0.6) is 0 Å². The van der Waals surface area contributed by atoms with E-state index >= 15 is 0 Å². The Bertz CT molecular complexity index is 1370. The first kappa shape index (κ1) is 24.4. The van der Waals surface area contributed by atoms with Crippen molar-refractivity contribution in [2.45, 2.75) is 56.5 Å². The second-order valence-electron chi connectivity index (χ2n) is 9.66. The molecule has 4 aromatic rings. The van der Waals surface area contributed by atoms with E-state index in [1.54, 1.807) is 11.8 Å². The largest absolute Gasteiger partial charge is 0.349 e. The van der Waals surface area contributed by atoms with E-state index in [9.17, 15) is 4.79 Å². The Hall–Kier alpha value is -3.29. The van der Waals surface area contributed by atoms with Crippen molar-refractivity contribution < 1.29 is 4.79 Å². The third-order valence-electron chi connectivity index (χ3n) is 7.08. The molecule has 0 aliphatic heterocycles. The molecule has 1 aliphatic carbocycles. The zero-order valence-corrected chi connectivity index (χ0v) is 21.9. The number of amides is 1. The number of hydrogen-bond acceptors (Lipinski definition) is 5. The molecule has 4 N–H and O–H groups in total. The van der Waals surface area contributed by atoms with Crippen molar-refractivity contribution in [3.8, 4) is 11.3 Å². The quantitative estimate of drug-likeness (QED) is 0.280. The fourth-order valence-electron chi connectivity index (χ4n) is 4.92. The topological polar surface area (TPSA) is 84.5 Å². The molecule has 1 aliphatic rings. The van der Waals surface area contributed by atoms with Crippen LogP contribution in [0.4, 0.5) is 11.5 Å². The van der Waals surface area contributed by atoms with E-state index in [2.05, 4.69) is 73.2 Å². The molecule has 7 heteroatoms. The maximum Gasteiger partial charge on any atom is 0.251 e. The van der Waals surface area contributed by atoms with E-state index in [-0.39, 0.29) is 18.0 Å². The van der Waals surface area contributed by atoms with Gasteiger partial charge in [-0.3, -0.25) is 9.20 Å². The molecule has 1 fully saturated rings. The molecule has 2 aromatic heterocycles. The summed E-state index contributed by atoms with van der Waals surface area (Å²) in [5.41, 5.74) is 12.6. The number of nitrogens with zero attached hydrogens (tertiary/aromatic N) is 2. The minimum absolute atomic E-state index is 0.0592. The summed E-state index contributed by atoms with van der Waals surface area (Å²) in [7, 11) is 0. The molecule has 0 saturated heterocycles. The Labute approximate surface area is 216 Å². The van der Waals surface area contributed by atoms with Gasteiger partial charge >= 0.3 is 0 Å². The summed E-state index contributed by atoms with van der Waals surface area (Å²) in [5, 5.41) is 6.85. The molecule has 0 unspecified atom stereocenters. The molecule has 0 spiro atoms. The maximum absolute atomic E-state index is 13.1. The Morgan fingerprint density at radius 2 is 1.72 bits per heavy atom. The SMILES string of the molecule is CSc1ccc(-c2nc3cc(C(=O)NC4CCC(N)CC4)ccn3c2Nc2c(C)cccc2C)cc1. The number of carbonyl (C=O) groups excluding carboxylic acids is 1. The molecule has 36 heavy (non-hydrogen) atoms. The van der Waals surface area contributed by atoms with Crippen LogP contribution in [0.2, 0.25) is 0 Å². The second kappa shape index (κ2) is 10.4. The number of para-hydroxylation sites is 1. The van der Waals surface area contributed by atoms with Crippen molar-refractivity contribution in [1.82, 2.24) is 14.7 Å². The molecule has 5 rings (SSSR count). The smallest absolute Gasteiger partial charge is 0.251 e. The number of benzene rings is 2. The summed E-state index contributed by atoms with van der Waals surface area (Å²) >= 11 is 1.72. The van der Waals surface area contributed by atoms with Gasteiger partial charge in [-0.05, 0) is 81.2 Å². The molecule has 6 nitrogen and oxygen atoms in total. The van der Waals surface area contributed by atoms with Crippen LogP contribution in [0.15, 0.2) is 65.7 Å². The zero-order chi connectivity index (χ0) is 25.2. The number of carbonyl (C=O) groups is 1. The van der Waals surface area contributed by atoms with Crippen molar-refractivity contribution >= 4 is 34.8 Å². The van der Waals surface area contributed by atoms with Crippen LogP contribution in [0, 0.1) is 13.8 Å². The monoisotopic (exact) mass is 499 g/mol. The van der Waals surface area contributed by atoms with Crippen LogP contribution in [-0.2, 0) is 0 Å². The first-order valence-electron chi connectivity index (χ1n) is 12.5. The van der Waals surface area contributed by atoms with Crippen LogP contribution < -0.4 is 16.4 Å². The first-order chi connectivity index (χ1) is 17.4. The fourth-order valence-corrected chi connectivity index (χ4v) is 5.33. The van der Waals surface area contributed by atoms with Gasteiger partial charge in [0, 0.05) is 40.0 Å². The molecular formula is C29H33N5OS. The Morgan fingerprint density at radius 1 is 1.03 bits per heavy atom. The fraction of sp³-hybridized carbons (Fsp3) is 0.310. The molecule has 0 radical (unpaired) electrons. The Balaban J connectivity index is 1.53. The van der Waals surface area contributed by atoms with Crippen LogP contribution in [0.1, 0.15) is 47.2 Å². The van der Waals surface area contributed by atoms with Crippen LogP contribution >= 0.6 is 11.8 Å². The number of nitrogens with one attached hydrogen (secondary N) is 2. The van der Waals surface area contributed by atoms with Gasteiger partial charge in [0.15, 0.2) is 0 Å². The minimum Gasteiger partial charge on any atom is -0.349 e. The normalized spacial score (nSPS) is 17.8. The van der Waals surface area contributed by atoms with Gasteiger partial charge in [0.25, 0.3) is 5.91 Å². The Kier molecular flexibility index (Phi) is 7.03. The lowest BCUT2D eigenvalue weighted by atomic mass is 9.91. The molecule has 1 amide bonds. The van der Waals surface area contributed by atoms with Gasteiger partial charge in [0.2, 0.25) is 0 Å². The van der Waals surface area contributed by atoms with Gasteiger partial charge < -0.3 is 16.4 Å². The van der Waals surface area contributed by atoms with E-state index < -0.39 is 0 Å². The zero-order valence-electron chi connectivity index (χ0n) is 21.0. The lowest BCUT2D eigenvalue weighted by Gasteiger charge is -2.26.